The second-order valence-electron chi connectivity index (χ2n) is 4.89. The first-order valence-electron chi connectivity index (χ1n) is 6.92. The van der Waals surface area contributed by atoms with Crippen molar-refractivity contribution in [3.05, 3.63) is 48.3 Å². The molecule has 5 nitrogen and oxygen atoms in total. The smallest absolute Gasteiger partial charge is 0.193 e. The maximum Gasteiger partial charge on any atom is 0.193 e. The lowest BCUT2D eigenvalue weighted by Crippen LogP contribution is -2.36. The van der Waals surface area contributed by atoms with Crippen molar-refractivity contribution in [1.82, 2.24) is 20.0 Å². The summed E-state index contributed by atoms with van der Waals surface area (Å²) in [4.78, 5) is 6.55. The monoisotopic (exact) mass is 397 g/mol. The van der Waals surface area contributed by atoms with Crippen molar-refractivity contribution in [3.8, 4) is 5.69 Å². The summed E-state index contributed by atoms with van der Waals surface area (Å²) in [5.41, 5.74) is 2.18. The number of hydrogen-bond donors (Lipinski definition) is 1. The Bertz CT molecular complexity index is 593. The molecule has 6 heteroatoms. The molecule has 0 bridgehead atoms. The average Bonchev–Trinajstić information content (AvgIpc) is 3.10. The van der Waals surface area contributed by atoms with Gasteiger partial charge in [-0.15, -0.1) is 24.0 Å². The highest BCUT2D eigenvalue weighted by Gasteiger charge is 2.11. The van der Waals surface area contributed by atoms with Crippen LogP contribution in [0.1, 0.15) is 5.69 Å². The molecule has 2 aromatic rings. The number of nitrogens with one attached hydrogen (secondary N) is 1. The van der Waals surface area contributed by atoms with Crippen LogP contribution < -0.4 is 5.32 Å². The van der Waals surface area contributed by atoms with E-state index in [1.54, 1.807) is 0 Å². The predicted octanol–water partition coefficient (Wildman–Crippen LogP) is 1.92. The van der Waals surface area contributed by atoms with Gasteiger partial charge in [0.05, 0.1) is 17.9 Å². The van der Waals surface area contributed by atoms with Crippen LogP contribution in [0.2, 0.25) is 0 Å². The summed E-state index contributed by atoms with van der Waals surface area (Å²) < 4.78 is 1.91. The highest BCUT2D eigenvalue weighted by Crippen LogP contribution is 2.07. The Labute approximate surface area is 142 Å². The number of hydrogen-bond acceptors (Lipinski definition) is 4. The van der Waals surface area contributed by atoms with Gasteiger partial charge >= 0.3 is 0 Å². The van der Waals surface area contributed by atoms with Crippen LogP contribution in [0.15, 0.2) is 47.6 Å². The number of aromatic nitrogens is 2. The fraction of sp³-hybridized carbons (Fsp3) is 0.333. The Kier molecular flexibility index (Phi) is 5.60. The molecule has 0 saturated carbocycles. The van der Waals surface area contributed by atoms with E-state index in [1.807, 2.05) is 29.1 Å². The Balaban J connectivity index is 0.00000161. The summed E-state index contributed by atoms with van der Waals surface area (Å²) in [7, 11) is 2.06. The molecule has 21 heavy (non-hydrogen) atoms. The summed E-state index contributed by atoms with van der Waals surface area (Å²) in [6.45, 7) is 2.75. The van der Waals surface area contributed by atoms with Crippen LogP contribution in [0, 0.1) is 0 Å². The van der Waals surface area contributed by atoms with Crippen LogP contribution in [-0.2, 0) is 6.42 Å². The van der Waals surface area contributed by atoms with Crippen molar-refractivity contribution in [2.75, 3.05) is 26.7 Å². The summed E-state index contributed by atoms with van der Waals surface area (Å²) in [5, 5.41) is 7.94. The highest BCUT2D eigenvalue weighted by atomic mass is 127. The van der Waals surface area contributed by atoms with Gasteiger partial charge in [-0.2, -0.15) is 5.10 Å². The zero-order chi connectivity index (χ0) is 13.8. The van der Waals surface area contributed by atoms with E-state index >= 15 is 0 Å². The molecule has 0 saturated heterocycles. The molecule has 0 fully saturated rings. The standard InChI is InChI=1S/C15H19N5.HI/c1-19-12-10-17-15(19)16-9-7-13-8-11-20(18-13)14-5-3-2-4-6-14;/h2-6,8,11H,7,9-10,12H2,1H3,(H,16,17);1H. The van der Waals surface area contributed by atoms with Crippen LogP contribution in [0.25, 0.3) is 5.69 Å². The third-order valence-corrected chi connectivity index (χ3v) is 3.39. The minimum atomic E-state index is 0. The van der Waals surface area contributed by atoms with Gasteiger partial charge in [-0.05, 0) is 18.2 Å². The number of rotatable bonds is 4. The molecule has 1 aliphatic heterocycles. The maximum absolute atomic E-state index is 4.59. The average molecular weight is 397 g/mol. The van der Waals surface area contributed by atoms with Gasteiger partial charge in [-0.25, -0.2) is 4.68 Å². The van der Waals surface area contributed by atoms with E-state index in [9.17, 15) is 0 Å². The normalized spacial score (nSPS) is 13.8. The van der Waals surface area contributed by atoms with Crippen LogP contribution in [0.5, 0.6) is 0 Å². The van der Waals surface area contributed by atoms with E-state index in [4.69, 9.17) is 0 Å². The van der Waals surface area contributed by atoms with Gasteiger partial charge < -0.3 is 10.2 Å². The van der Waals surface area contributed by atoms with Crippen molar-refractivity contribution in [2.24, 2.45) is 4.99 Å². The van der Waals surface area contributed by atoms with Crippen molar-refractivity contribution in [2.45, 2.75) is 6.42 Å². The Morgan fingerprint density at radius 2 is 2.00 bits per heavy atom. The summed E-state index contributed by atoms with van der Waals surface area (Å²) in [5.74, 6) is 0.993. The third kappa shape index (κ3) is 3.96. The number of benzene rings is 1. The molecule has 0 spiro atoms. The van der Waals surface area contributed by atoms with Crippen LogP contribution in [0.3, 0.4) is 0 Å². The van der Waals surface area contributed by atoms with Crippen LogP contribution >= 0.6 is 24.0 Å². The Morgan fingerprint density at radius 1 is 1.19 bits per heavy atom. The molecule has 1 aliphatic rings. The lowest BCUT2D eigenvalue weighted by atomic mass is 10.3. The van der Waals surface area contributed by atoms with Crippen molar-refractivity contribution >= 4 is 29.9 Å². The van der Waals surface area contributed by atoms with E-state index in [1.165, 1.54) is 0 Å². The fourth-order valence-electron chi connectivity index (χ4n) is 2.25. The SMILES string of the molecule is CN1CCN=C1NCCc1ccn(-c2ccccc2)n1.I. The first-order valence-corrected chi connectivity index (χ1v) is 6.92. The van der Waals surface area contributed by atoms with Gasteiger partial charge in [0.15, 0.2) is 5.96 Å². The maximum atomic E-state index is 4.59. The highest BCUT2D eigenvalue weighted by molar-refractivity contribution is 14.0. The number of para-hydroxylation sites is 1. The second kappa shape index (κ2) is 7.44. The molecule has 112 valence electrons. The molecule has 0 unspecified atom stereocenters. The lowest BCUT2D eigenvalue weighted by molar-refractivity contribution is 0.534. The van der Waals surface area contributed by atoms with Gasteiger partial charge in [0, 0.05) is 32.8 Å². The first-order chi connectivity index (χ1) is 9.83. The summed E-state index contributed by atoms with van der Waals surface area (Å²) >= 11 is 0. The minimum Gasteiger partial charge on any atom is -0.356 e. The van der Waals surface area contributed by atoms with Gasteiger partial charge in [0.25, 0.3) is 0 Å². The number of likely N-dealkylation sites (N-methyl/N-ethyl adjacent to an activating group) is 1. The molecule has 1 aromatic carbocycles. The molecule has 0 radical (unpaired) electrons. The zero-order valence-electron chi connectivity index (χ0n) is 12.1. The van der Waals surface area contributed by atoms with Crippen molar-refractivity contribution in [3.63, 3.8) is 0 Å². The zero-order valence-corrected chi connectivity index (χ0v) is 14.4. The minimum absolute atomic E-state index is 0. The molecule has 0 aliphatic carbocycles. The van der Waals surface area contributed by atoms with E-state index in [2.05, 4.69) is 45.6 Å². The van der Waals surface area contributed by atoms with Gasteiger partial charge in [0.2, 0.25) is 0 Å². The largest absolute Gasteiger partial charge is 0.356 e. The first kappa shape index (κ1) is 15.8. The summed E-state index contributed by atoms with van der Waals surface area (Å²) in [6, 6.07) is 12.2. The van der Waals surface area contributed by atoms with E-state index in [0.717, 1.165) is 43.4 Å². The van der Waals surface area contributed by atoms with Crippen molar-refractivity contribution in [1.29, 1.82) is 0 Å². The Hall–Kier alpha value is -1.57. The molecule has 1 aromatic heterocycles. The van der Waals surface area contributed by atoms with Gasteiger partial charge in [-0.1, -0.05) is 18.2 Å². The number of aliphatic imine (C=N–C) groups is 1. The topological polar surface area (TPSA) is 45.5 Å². The number of guanidine groups is 1. The molecular formula is C15H20IN5. The summed E-state index contributed by atoms with van der Waals surface area (Å²) in [6.07, 6.45) is 2.90. The lowest BCUT2D eigenvalue weighted by Gasteiger charge is -2.14. The number of nitrogens with zero attached hydrogens (tertiary/aromatic N) is 4. The third-order valence-electron chi connectivity index (χ3n) is 3.39. The molecular weight excluding hydrogens is 377 g/mol. The molecule has 3 rings (SSSR count). The Morgan fingerprint density at radius 3 is 2.71 bits per heavy atom. The molecule has 0 atom stereocenters. The quantitative estimate of drug-likeness (QED) is 0.803. The molecule has 1 N–H and O–H groups in total. The number of halogens is 1. The van der Waals surface area contributed by atoms with E-state index in [0.29, 0.717) is 0 Å². The van der Waals surface area contributed by atoms with Crippen molar-refractivity contribution < 1.29 is 0 Å². The molecule has 0 amide bonds. The van der Waals surface area contributed by atoms with E-state index < -0.39 is 0 Å². The van der Waals surface area contributed by atoms with E-state index in [-0.39, 0.29) is 24.0 Å². The molecule has 2 heterocycles. The van der Waals surface area contributed by atoms with Gasteiger partial charge in [0.1, 0.15) is 0 Å². The fourth-order valence-corrected chi connectivity index (χ4v) is 2.25. The second-order valence-corrected chi connectivity index (χ2v) is 4.89. The van der Waals surface area contributed by atoms with Crippen LogP contribution in [-0.4, -0.2) is 47.3 Å². The van der Waals surface area contributed by atoms with Gasteiger partial charge in [-0.3, -0.25) is 4.99 Å². The predicted molar refractivity (Wildman–Crippen MR) is 95.6 cm³/mol. The van der Waals surface area contributed by atoms with Crippen LogP contribution in [0.4, 0.5) is 0 Å².